The van der Waals surface area contributed by atoms with Crippen molar-refractivity contribution in [1.82, 2.24) is 5.32 Å². The van der Waals surface area contributed by atoms with Crippen molar-refractivity contribution in [2.45, 2.75) is 45.1 Å². The van der Waals surface area contributed by atoms with E-state index >= 15 is 0 Å². The van der Waals surface area contributed by atoms with E-state index in [-0.39, 0.29) is 16.8 Å². The number of hydrogen-bond donors (Lipinski definition) is 2. The first-order valence-corrected chi connectivity index (χ1v) is 7.55. The van der Waals surface area contributed by atoms with Gasteiger partial charge < -0.3 is 10.4 Å². The fraction of sp³-hybridized carbons (Fsp3) is 0.571. The molecule has 0 aromatic carbocycles. The smallest absolute Gasteiger partial charge is 0.345 e. The third kappa shape index (κ3) is 3.56. The topological polar surface area (TPSA) is 66.4 Å². The molecular formula is C14H19NO3S. The highest BCUT2D eigenvalue weighted by atomic mass is 32.1. The van der Waals surface area contributed by atoms with Gasteiger partial charge in [-0.1, -0.05) is 26.2 Å². The highest BCUT2D eigenvalue weighted by molar-refractivity contribution is 7.15. The second kappa shape index (κ2) is 6.19. The van der Waals surface area contributed by atoms with Gasteiger partial charge in [0.2, 0.25) is 0 Å². The molecule has 2 atom stereocenters. The Balaban J connectivity index is 1.94. The third-order valence-corrected chi connectivity index (χ3v) is 4.81. The van der Waals surface area contributed by atoms with Crippen LogP contribution in [0.2, 0.25) is 0 Å². The number of thiophene rings is 1. The summed E-state index contributed by atoms with van der Waals surface area (Å²) in [6, 6.07) is 3.31. The summed E-state index contributed by atoms with van der Waals surface area (Å²) >= 11 is 1.03. The Hall–Kier alpha value is -1.36. The van der Waals surface area contributed by atoms with Crippen molar-refractivity contribution in [2.24, 2.45) is 5.92 Å². The SMILES string of the molecule is CCC1CCCC(NC(=O)c2ccc(C(=O)O)s2)C1. The Morgan fingerprint density at radius 1 is 1.37 bits per heavy atom. The molecule has 1 saturated carbocycles. The predicted octanol–water partition coefficient (Wildman–Crippen LogP) is 3.14. The van der Waals surface area contributed by atoms with Gasteiger partial charge >= 0.3 is 5.97 Å². The molecule has 0 spiro atoms. The van der Waals surface area contributed by atoms with Crippen molar-refractivity contribution in [3.63, 3.8) is 0 Å². The van der Waals surface area contributed by atoms with Crippen LogP contribution < -0.4 is 5.32 Å². The molecule has 2 rings (SSSR count). The summed E-state index contributed by atoms with van der Waals surface area (Å²) < 4.78 is 0. The minimum atomic E-state index is -0.979. The first-order chi connectivity index (χ1) is 9.10. The van der Waals surface area contributed by atoms with Crippen LogP contribution in [-0.2, 0) is 0 Å². The molecule has 1 heterocycles. The molecule has 19 heavy (non-hydrogen) atoms. The number of rotatable bonds is 4. The molecule has 4 nitrogen and oxygen atoms in total. The zero-order chi connectivity index (χ0) is 13.8. The molecular weight excluding hydrogens is 262 g/mol. The zero-order valence-corrected chi connectivity index (χ0v) is 11.8. The lowest BCUT2D eigenvalue weighted by molar-refractivity contribution is 0.0702. The molecule has 1 aromatic heterocycles. The number of hydrogen-bond acceptors (Lipinski definition) is 3. The maximum absolute atomic E-state index is 12.1. The lowest BCUT2D eigenvalue weighted by Crippen LogP contribution is -2.38. The van der Waals surface area contributed by atoms with Gasteiger partial charge in [0.15, 0.2) is 0 Å². The Labute approximate surface area is 116 Å². The summed E-state index contributed by atoms with van der Waals surface area (Å²) in [5, 5.41) is 11.9. The highest BCUT2D eigenvalue weighted by Gasteiger charge is 2.23. The van der Waals surface area contributed by atoms with Crippen molar-refractivity contribution < 1.29 is 14.7 Å². The molecule has 0 bridgehead atoms. The molecule has 104 valence electrons. The van der Waals surface area contributed by atoms with E-state index in [0.29, 0.717) is 10.8 Å². The van der Waals surface area contributed by atoms with E-state index < -0.39 is 5.97 Å². The van der Waals surface area contributed by atoms with E-state index in [1.165, 1.54) is 12.5 Å². The molecule has 2 N–H and O–H groups in total. The number of carbonyl (C=O) groups is 2. The second-order valence-electron chi connectivity index (χ2n) is 5.08. The Kier molecular flexibility index (Phi) is 4.58. The summed E-state index contributed by atoms with van der Waals surface area (Å²) in [5.74, 6) is -0.413. The third-order valence-electron chi connectivity index (χ3n) is 3.74. The largest absolute Gasteiger partial charge is 0.477 e. The van der Waals surface area contributed by atoms with Gasteiger partial charge in [-0.2, -0.15) is 0 Å². The zero-order valence-electron chi connectivity index (χ0n) is 11.0. The van der Waals surface area contributed by atoms with Crippen LogP contribution in [0, 0.1) is 5.92 Å². The van der Waals surface area contributed by atoms with E-state index in [1.54, 1.807) is 6.07 Å². The minimum Gasteiger partial charge on any atom is -0.477 e. The molecule has 1 aliphatic rings. The number of carbonyl (C=O) groups excluding carboxylic acids is 1. The van der Waals surface area contributed by atoms with Crippen LogP contribution in [0.15, 0.2) is 12.1 Å². The average molecular weight is 281 g/mol. The average Bonchev–Trinajstić information content (AvgIpc) is 2.89. The lowest BCUT2D eigenvalue weighted by atomic mass is 9.84. The highest BCUT2D eigenvalue weighted by Crippen LogP contribution is 2.27. The number of amides is 1. The molecule has 1 amide bonds. The van der Waals surface area contributed by atoms with Crippen molar-refractivity contribution in [2.75, 3.05) is 0 Å². The van der Waals surface area contributed by atoms with E-state index in [2.05, 4.69) is 12.2 Å². The van der Waals surface area contributed by atoms with E-state index in [0.717, 1.165) is 37.0 Å². The van der Waals surface area contributed by atoms with E-state index in [4.69, 9.17) is 5.11 Å². The Bertz CT molecular complexity index is 469. The van der Waals surface area contributed by atoms with Gasteiger partial charge in [-0.15, -0.1) is 11.3 Å². The molecule has 0 saturated heterocycles. The van der Waals surface area contributed by atoms with Crippen LogP contribution in [0.5, 0.6) is 0 Å². The fourth-order valence-electron chi connectivity index (χ4n) is 2.62. The molecule has 0 aliphatic heterocycles. The normalized spacial score (nSPS) is 23.0. The maximum Gasteiger partial charge on any atom is 0.345 e. The van der Waals surface area contributed by atoms with Crippen LogP contribution in [0.3, 0.4) is 0 Å². The van der Waals surface area contributed by atoms with Gasteiger partial charge in [0.25, 0.3) is 5.91 Å². The Morgan fingerprint density at radius 3 is 2.74 bits per heavy atom. The standard InChI is InChI=1S/C14H19NO3S/c1-2-9-4-3-5-10(8-9)15-13(16)11-6-7-12(19-11)14(17)18/h6-7,9-10H,2-5,8H2,1H3,(H,15,16)(H,17,18). The molecule has 5 heteroatoms. The number of aromatic carboxylic acids is 1. The van der Waals surface area contributed by atoms with Gasteiger partial charge in [-0.3, -0.25) is 4.79 Å². The van der Waals surface area contributed by atoms with Crippen molar-refractivity contribution in [1.29, 1.82) is 0 Å². The first-order valence-electron chi connectivity index (χ1n) is 6.74. The Morgan fingerprint density at radius 2 is 2.11 bits per heavy atom. The number of carboxylic acid groups (broad SMARTS) is 1. The lowest BCUT2D eigenvalue weighted by Gasteiger charge is -2.28. The van der Waals surface area contributed by atoms with Crippen LogP contribution >= 0.6 is 11.3 Å². The van der Waals surface area contributed by atoms with Gasteiger partial charge in [0, 0.05) is 6.04 Å². The van der Waals surface area contributed by atoms with Crippen LogP contribution in [0.4, 0.5) is 0 Å². The number of nitrogens with one attached hydrogen (secondary N) is 1. The quantitative estimate of drug-likeness (QED) is 0.891. The van der Waals surface area contributed by atoms with Crippen LogP contribution in [-0.4, -0.2) is 23.0 Å². The monoisotopic (exact) mass is 281 g/mol. The first kappa shape index (κ1) is 14.1. The molecule has 2 unspecified atom stereocenters. The number of carboxylic acids is 1. The molecule has 0 radical (unpaired) electrons. The fourth-order valence-corrected chi connectivity index (χ4v) is 3.37. The summed E-state index contributed by atoms with van der Waals surface area (Å²) in [6.07, 6.45) is 5.65. The summed E-state index contributed by atoms with van der Waals surface area (Å²) in [6.45, 7) is 2.19. The second-order valence-corrected chi connectivity index (χ2v) is 6.16. The molecule has 1 fully saturated rings. The predicted molar refractivity (Wildman–Crippen MR) is 74.8 cm³/mol. The van der Waals surface area contributed by atoms with Crippen molar-refractivity contribution >= 4 is 23.2 Å². The molecule has 1 aliphatic carbocycles. The summed E-state index contributed by atoms with van der Waals surface area (Å²) in [7, 11) is 0. The van der Waals surface area contributed by atoms with Gasteiger partial charge in [0.1, 0.15) is 4.88 Å². The summed E-state index contributed by atoms with van der Waals surface area (Å²) in [5.41, 5.74) is 0. The van der Waals surface area contributed by atoms with Crippen molar-refractivity contribution in [3.8, 4) is 0 Å². The van der Waals surface area contributed by atoms with Crippen LogP contribution in [0.25, 0.3) is 0 Å². The van der Waals surface area contributed by atoms with E-state index in [1.807, 2.05) is 0 Å². The molecule has 1 aromatic rings. The van der Waals surface area contributed by atoms with Gasteiger partial charge in [-0.25, -0.2) is 4.79 Å². The van der Waals surface area contributed by atoms with Gasteiger partial charge in [0.05, 0.1) is 4.88 Å². The minimum absolute atomic E-state index is 0.140. The van der Waals surface area contributed by atoms with Crippen molar-refractivity contribution in [3.05, 3.63) is 21.9 Å². The maximum atomic E-state index is 12.1. The van der Waals surface area contributed by atoms with Crippen LogP contribution in [0.1, 0.15) is 58.4 Å². The van der Waals surface area contributed by atoms with E-state index in [9.17, 15) is 9.59 Å². The van der Waals surface area contributed by atoms with Gasteiger partial charge in [-0.05, 0) is 30.9 Å². The summed E-state index contributed by atoms with van der Waals surface area (Å²) in [4.78, 5) is 23.5.